The second-order valence-electron chi connectivity index (χ2n) is 5.05. The SMILES string of the molecule is COc1ccc(OC(F)F)c(CN=C(N)NCCc2ccccn2)c1.I. The van der Waals surface area contributed by atoms with Crippen LogP contribution < -0.4 is 20.5 Å². The van der Waals surface area contributed by atoms with Crippen LogP contribution in [0.25, 0.3) is 0 Å². The van der Waals surface area contributed by atoms with E-state index in [1.165, 1.54) is 13.2 Å². The molecule has 0 unspecified atom stereocenters. The van der Waals surface area contributed by atoms with Gasteiger partial charge in [0.25, 0.3) is 0 Å². The van der Waals surface area contributed by atoms with Crippen LogP contribution in [0.1, 0.15) is 11.3 Å². The molecule has 1 aromatic carbocycles. The van der Waals surface area contributed by atoms with Gasteiger partial charge < -0.3 is 20.5 Å². The summed E-state index contributed by atoms with van der Waals surface area (Å²) in [7, 11) is 1.49. The smallest absolute Gasteiger partial charge is 0.387 e. The van der Waals surface area contributed by atoms with Crippen LogP contribution in [-0.4, -0.2) is 31.2 Å². The number of aromatic nitrogens is 1. The fourth-order valence-electron chi connectivity index (χ4n) is 2.11. The zero-order valence-electron chi connectivity index (χ0n) is 14.2. The van der Waals surface area contributed by atoms with Crippen molar-refractivity contribution in [3.63, 3.8) is 0 Å². The van der Waals surface area contributed by atoms with Crippen molar-refractivity contribution >= 4 is 29.9 Å². The van der Waals surface area contributed by atoms with Gasteiger partial charge in [0.2, 0.25) is 0 Å². The number of hydrogen-bond donors (Lipinski definition) is 2. The minimum absolute atomic E-state index is 0. The second-order valence-corrected chi connectivity index (χ2v) is 5.05. The van der Waals surface area contributed by atoms with Crippen molar-refractivity contribution in [3.05, 3.63) is 53.9 Å². The highest BCUT2D eigenvalue weighted by Crippen LogP contribution is 2.26. The van der Waals surface area contributed by atoms with E-state index < -0.39 is 6.61 Å². The van der Waals surface area contributed by atoms with E-state index in [-0.39, 0.29) is 42.2 Å². The molecule has 0 bridgehead atoms. The van der Waals surface area contributed by atoms with Crippen LogP contribution in [0.15, 0.2) is 47.6 Å². The molecule has 0 saturated carbocycles. The van der Waals surface area contributed by atoms with Crippen molar-refractivity contribution in [1.29, 1.82) is 0 Å². The van der Waals surface area contributed by atoms with Gasteiger partial charge in [-0.15, -0.1) is 24.0 Å². The monoisotopic (exact) mass is 478 g/mol. The van der Waals surface area contributed by atoms with E-state index in [1.54, 1.807) is 18.3 Å². The molecule has 0 saturated heterocycles. The largest absolute Gasteiger partial charge is 0.497 e. The van der Waals surface area contributed by atoms with Gasteiger partial charge in [0.05, 0.1) is 13.7 Å². The number of hydrogen-bond acceptors (Lipinski definition) is 4. The molecule has 0 atom stereocenters. The number of ether oxygens (including phenoxy) is 2. The molecule has 6 nitrogen and oxygen atoms in total. The number of methoxy groups -OCH3 is 1. The Kier molecular flexibility index (Phi) is 9.63. The number of aliphatic imine (C=N–C) groups is 1. The van der Waals surface area contributed by atoms with Gasteiger partial charge in [-0.1, -0.05) is 6.07 Å². The molecular formula is C17H21F2IN4O2. The number of alkyl halides is 2. The molecule has 0 aliphatic rings. The summed E-state index contributed by atoms with van der Waals surface area (Å²) < 4.78 is 34.5. The molecule has 3 N–H and O–H groups in total. The van der Waals surface area contributed by atoms with Gasteiger partial charge in [-0.2, -0.15) is 8.78 Å². The lowest BCUT2D eigenvalue weighted by atomic mass is 10.2. The zero-order valence-corrected chi connectivity index (χ0v) is 16.5. The maximum Gasteiger partial charge on any atom is 0.387 e. The molecular weight excluding hydrogens is 457 g/mol. The summed E-state index contributed by atoms with van der Waals surface area (Å²) in [5.41, 5.74) is 7.19. The highest BCUT2D eigenvalue weighted by atomic mass is 127. The summed E-state index contributed by atoms with van der Waals surface area (Å²) >= 11 is 0. The highest BCUT2D eigenvalue weighted by molar-refractivity contribution is 14.0. The molecule has 142 valence electrons. The Hall–Kier alpha value is -2.17. The van der Waals surface area contributed by atoms with Gasteiger partial charge in [0.1, 0.15) is 11.5 Å². The molecule has 0 fully saturated rings. The molecule has 0 radical (unpaired) electrons. The predicted molar refractivity (Wildman–Crippen MR) is 106 cm³/mol. The van der Waals surface area contributed by atoms with Crippen LogP contribution in [0.3, 0.4) is 0 Å². The number of nitrogens with zero attached hydrogens (tertiary/aromatic N) is 2. The summed E-state index contributed by atoms with van der Waals surface area (Å²) in [5.74, 6) is 0.774. The number of benzene rings is 1. The van der Waals surface area contributed by atoms with Crippen LogP contribution >= 0.6 is 24.0 Å². The third-order valence-electron chi connectivity index (χ3n) is 3.32. The topological polar surface area (TPSA) is 81.8 Å². The number of halogens is 3. The van der Waals surface area contributed by atoms with Crippen molar-refractivity contribution in [2.24, 2.45) is 10.7 Å². The Morgan fingerprint density at radius 2 is 2.12 bits per heavy atom. The first-order valence-corrected chi connectivity index (χ1v) is 7.64. The van der Waals surface area contributed by atoms with Crippen molar-refractivity contribution < 1.29 is 18.3 Å². The fourth-order valence-corrected chi connectivity index (χ4v) is 2.11. The van der Waals surface area contributed by atoms with Gasteiger partial charge >= 0.3 is 6.61 Å². The van der Waals surface area contributed by atoms with E-state index in [2.05, 4.69) is 20.0 Å². The molecule has 1 heterocycles. The van der Waals surface area contributed by atoms with E-state index in [0.717, 1.165) is 5.69 Å². The van der Waals surface area contributed by atoms with Crippen molar-refractivity contribution in [3.8, 4) is 11.5 Å². The average molecular weight is 478 g/mol. The van der Waals surface area contributed by atoms with Gasteiger partial charge in [-0.3, -0.25) is 4.98 Å². The first-order valence-electron chi connectivity index (χ1n) is 7.64. The Bertz CT molecular complexity index is 702. The summed E-state index contributed by atoms with van der Waals surface area (Å²) in [6.07, 6.45) is 2.41. The number of rotatable bonds is 8. The predicted octanol–water partition coefficient (Wildman–Crippen LogP) is 2.96. The number of pyridine rings is 1. The number of guanidine groups is 1. The van der Waals surface area contributed by atoms with Gasteiger partial charge in [-0.25, -0.2) is 4.99 Å². The summed E-state index contributed by atoms with van der Waals surface area (Å²) in [6.45, 7) is -2.27. The second kappa shape index (κ2) is 11.4. The maximum absolute atomic E-state index is 12.5. The first kappa shape index (κ1) is 21.9. The molecule has 2 aromatic rings. The minimum Gasteiger partial charge on any atom is -0.497 e. The quantitative estimate of drug-likeness (QED) is 0.347. The Morgan fingerprint density at radius 3 is 2.77 bits per heavy atom. The van der Waals surface area contributed by atoms with E-state index in [0.29, 0.717) is 24.3 Å². The summed E-state index contributed by atoms with van der Waals surface area (Å²) in [5, 5.41) is 2.96. The van der Waals surface area contributed by atoms with Crippen LogP contribution in [0.5, 0.6) is 11.5 Å². The standard InChI is InChI=1S/C17H20F2N4O2.HI/c1-24-14-5-6-15(25-16(18)19)12(10-14)11-23-17(20)22-9-7-13-4-2-3-8-21-13;/h2-6,8,10,16H,7,9,11H2,1H3,(H3,20,22,23);1H. The summed E-state index contributed by atoms with van der Waals surface area (Å²) in [6, 6.07) is 10.2. The zero-order chi connectivity index (χ0) is 18.1. The van der Waals surface area contributed by atoms with Crippen LogP contribution in [0.2, 0.25) is 0 Å². The number of nitrogens with one attached hydrogen (secondary N) is 1. The van der Waals surface area contributed by atoms with Gasteiger partial charge in [0, 0.05) is 30.4 Å². The molecule has 0 aliphatic heterocycles. The molecule has 26 heavy (non-hydrogen) atoms. The maximum atomic E-state index is 12.5. The number of nitrogens with two attached hydrogens (primary N) is 1. The first-order chi connectivity index (χ1) is 12.1. The summed E-state index contributed by atoms with van der Waals surface area (Å²) in [4.78, 5) is 8.36. The van der Waals surface area contributed by atoms with Crippen LogP contribution in [-0.2, 0) is 13.0 Å². The van der Waals surface area contributed by atoms with Crippen LogP contribution in [0.4, 0.5) is 8.78 Å². The molecule has 0 aliphatic carbocycles. The Labute approximate surface area is 167 Å². The molecule has 1 aromatic heterocycles. The third-order valence-corrected chi connectivity index (χ3v) is 3.32. The normalized spacial score (nSPS) is 11.0. The average Bonchev–Trinajstić information content (AvgIpc) is 2.61. The molecule has 2 rings (SSSR count). The van der Waals surface area contributed by atoms with Gasteiger partial charge in [-0.05, 0) is 30.3 Å². The lowest BCUT2D eigenvalue weighted by Crippen LogP contribution is -2.33. The van der Waals surface area contributed by atoms with Crippen LogP contribution in [0, 0.1) is 0 Å². The van der Waals surface area contributed by atoms with Crippen molar-refractivity contribution in [2.75, 3.05) is 13.7 Å². The van der Waals surface area contributed by atoms with E-state index in [9.17, 15) is 8.78 Å². The lowest BCUT2D eigenvalue weighted by molar-refractivity contribution is -0.0504. The van der Waals surface area contributed by atoms with E-state index in [4.69, 9.17) is 10.5 Å². The molecule has 0 spiro atoms. The lowest BCUT2D eigenvalue weighted by Gasteiger charge is -2.11. The molecule has 9 heteroatoms. The van der Waals surface area contributed by atoms with E-state index >= 15 is 0 Å². The van der Waals surface area contributed by atoms with Crippen molar-refractivity contribution in [1.82, 2.24) is 10.3 Å². The van der Waals surface area contributed by atoms with Gasteiger partial charge in [0.15, 0.2) is 5.96 Å². The minimum atomic E-state index is -2.91. The highest BCUT2D eigenvalue weighted by Gasteiger charge is 2.11. The molecule has 0 amide bonds. The van der Waals surface area contributed by atoms with E-state index in [1.807, 2.05) is 18.2 Å². The van der Waals surface area contributed by atoms with Crippen molar-refractivity contribution in [2.45, 2.75) is 19.6 Å². The third kappa shape index (κ3) is 7.38. The Morgan fingerprint density at radius 1 is 1.31 bits per heavy atom. The Balaban J connectivity index is 0.00000338. The fraction of sp³-hybridized carbons (Fsp3) is 0.294.